The third kappa shape index (κ3) is 4.66. The number of rotatable bonds is 6. The number of halogens is 1. The van der Waals surface area contributed by atoms with Crippen molar-refractivity contribution in [2.45, 2.75) is 6.42 Å². The van der Waals surface area contributed by atoms with E-state index in [2.05, 4.69) is 28.1 Å². The Hall–Kier alpha value is -3.11. The molecule has 0 spiro atoms. The lowest BCUT2D eigenvalue weighted by Gasteiger charge is -2.11. The lowest BCUT2D eigenvalue weighted by Crippen LogP contribution is -2.09. The minimum Gasteiger partial charge on any atom is -0.492 e. The second-order valence-corrected chi connectivity index (χ2v) is 7.45. The lowest BCUT2D eigenvalue weighted by atomic mass is 10.1. The molecule has 4 rings (SSSR count). The Labute approximate surface area is 178 Å². The van der Waals surface area contributed by atoms with Crippen molar-refractivity contribution < 1.29 is 14.3 Å². The summed E-state index contributed by atoms with van der Waals surface area (Å²) in [5, 5.41) is 1.93. The number of benzene rings is 4. The first-order valence-corrected chi connectivity index (χ1v) is 10.2. The fourth-order valence-corrected chi connectivity index (χ4v) is 3.61. The molecule has 0 aromatic heterocycles. The van der Waals surface area contributed by atoms with Crippen LogP contribution in [0.2, 0.25) is 0 Å². The van der Waals surface area contributed by atoms with Crippen molar-refractivity contribution in [1.82, 2.24) is 0 Å². The van der Waals surface area contributed by atoms with Crippen LogP contribution in [-0.4, -0.2) is 12.6 Å². The molecule has 29 heavy (non-hydrogen) atoms. The van der Waals surface area contributed by atoms with Gasteiger partial charge < -0.3 is 9.47 Å². The van der Waals surface area contributed by atoms with E-state index in [0.29, 0.717) is 23.7 Å². The highest BCUT2D eigenvalue weighted by Gasteiger charge is 2.13. The van der Waals surface area contributed by atoms with E-state index in [0.717, 1.165) is 21.7 Å². The number of hydrogen-bond acceptors (Lipinski definition) is 3. The molecule has 0 bridgehead atoms. The minimum atomic E-state index is -0.405. The Morgan fingerprint density at radius 3 is 2.38 bits per heavy atom. The maximum atomic E-state index is 12.6. The lowest BCUT2D eigenvalue weighted by molar-refractivity contribution is 0.0737. The van der Waals surface area contributed by atoms with Crippen molar-refractivity contribution in [1.29, 1.82) is 0 Å². The Morgan fingerprint density at radius 2 is 1.55 bits per heavy atom. The molecule has 0 radical (unpaired) electrons. The van der Waals surface area contributed by atoms with Crippen LogP contribution in [0.1, 0.15) is 15.9 Å². The maximum Gasteiger partial charge on any atom is 0.343 e. The summed E-state index contributed by atoms with van der Waals surface area (Å²) in [7, 11) is 0. The van der Waals surface area contributed by atoms with Crippen LogP contribution >= 0.6 is 15.9 Å². The average Bonchev–Trinajstić information content (AvgIpc) is 2.76. The normalized spacial score (nSPS) is 10.7. The van der Waals surface area contributed by atoms with E-state index in [9.17, 15) is 4.79 Å². The van der Waals surface area contributed by atoms with Gasteiger partial charge in [0.25, 0.3) is 0 Å². The molecule has 0 saturated carbocycles. The summed E-state index contributed by atoms with van der Waals surface area (Å²) in [5.74, 6) is 0.841. The average molecular weight is 447 g/mol. The van der Waals surface area contributed by atoms with Crippen LogP contribution in [0.4, 0.5) is 0 Å². The summed E-state index contributed by atoms with van der Waals surface area (Å²) < 4.78 is 12.2. The number of fused-ring (bicyclic) bond motifs is 1. The molecule has 4 aromatic carbocycles. The molecule has 0 saturated heterocycles. The van der Waals surface area contributed by atoms with Gasteiger partial charge in [0.05, 0.1) is 16.6 Å². The highest BCUT2D eigenvalue weighted by Crippen LogP contribution is 2.29. The van der Waals surface area contributed by atoms with Gasteiger partial charge in [-0.05, 0) is 51.1 Å². The Balaban J connectivity index is 1.43. The quantitative estimate of drug-likeness (QED) is 0.252. The van der Waals surface area contributed by atoms with Gasteiger partial charge in [-0.15, -0.1) is 0 Å². The van der Waals surface area contributed by atoms with Crippen molar-refractivity contribution in [3.05, 3.63) is 107 Å². The first-order chi connectivity index (χ1) is 14.2. The van der Waals surface area contributed by atoms with E-state index in [-0.39, 0.29) is 0 Å². The van der Waals surface area contributed by atoms with Gasteiger partial charge in [-0.1, -0.05) is 66.7 Å². The molecule has 0 unspecified atom stereocenters. The fraction of sp³-hybridized carbons (Fsp3) is 0.0800. The predicted octanol–water partition coefficient (Wildman–Crippen LogP) is 6.44. The highest BCUT2D eigenvalue weighted by molar-refractivity contribution is 9.10. The number of esters is 1. The van der Waals surface area contributed by atoms with Gasteiger partial charge in [0.1, 0.15) is 11.5 Å². The number of carbonyl (C=O) groups is 1. The van der Waals surface area contributed by atoms with Crippen LogP contribution in [0.25, 0.3) is 10.8 Å². The summed E-state index contributed by atoms with van der Waals surface area (Å²) in [6, 6.07) is 28.9. The molecule has 0 heterocycles. The first-order valence-electron chi connectivity index (χ1n) is 9.37. The second-order valence-electron chi connectivity index (χ2n) is 6.60. The van der Waals surface area contributed by atoms with Crippen LogP contribution in [0, 0.1) is 0 Å². The zero-order valence-corrected chi connectivity index (χ0v) is 17.3. The molecule has 0 aliphatic carbocycles. The van der Waals surface area contributed by atoms with Gasteiger partial charge in [-0.2, -0.15) is 0 Å². The van der Waals surface area contributed by atoms with Crippen molar-refractivity contribution in [2.75, 3.05) is 6.61 Å². The molecule has 0 atom stereocenters. The van der Waals surface area contributed by atoms with Crippen LogP contribution in [-0.2, 0) is 6.42 Å². The number of hydrogen-bond donors (Lipinski definition) is 0. The summed E-state index contributed by atoms with van der Waals surface area (Å²) >= 11 is 3.49. The number of ether oxygens (including phenoxy) is 2. The van der Waals surface area contributed by atoms with E-state index in [1.165, 1.54) is 5.56 Å². The summed E-state index contributed by atoms with van der Waals surface area (Å²) in [6.07, 6.45) is 0.818. The zero-order valence-electron chi connectivity index (χ0n) is 15.7. The molecule has 0 N–H and O–H groups in total. The molecule has 144 valence electrons. The third-order valence-corrected chi connectivity index (χ3v) is 5.23. The standard InChI is InChI=1S/C25H19BrO3/c26-22-17-20(13-14-24(22)28-16-15-18-7-2-1-3-8-18)25(27)29-23-12-6-10-19-9-4-5-11-21(19)23/h1-14,17H,15-16H2. The summed E-state index contributed by atoms with van der Waals surface area (Å²) in [4.78, 5) is 12.6. The zero-order chi connectivity index (χ0) is 20.1. The van der Waals surface area contributed by atoms with Gasteiger partial charge in [0, 0.05) is 11.8 Å². The highest BCUT2D eigenvalue weighted by atomic mass is 79.9. The molecule has 3 nitrogen and oxygen atoms in total. The van der Waals surface area contributed by atoms with Gasteiger partial charge in [0.2, 0.25) is 0 Å². The SMILES string of the molecule is O=C(Oc1cccc2ccccc12)c1ccc(OCCc2ccccc2)c(Br)c1. The smallest absolute Gasteiger partial charge is 0.343 e. The Bertz CT molecular complexity index is 1130. The molecular weight excluding hydrogens is 428 g/mol. The van der Waals surface area contributed by atoms with E-state index >= 15 is 0 Å². The van der Waals surface area contributed by atoms with Crippen LogP contribution < -0.4 is 9.47 Å². The molecule has 0 aliphatic heterocycles. The van der Waals surface area contributed by atoms with Crippen LogP contribution in [0.5, 0.6) is 11.5 Å². The van der Waals surface area contributed by atoms with Crippen molar-refractivity contribution in [3.8, 4) is 11.5 Å². The van der Waals surface area contributed by atoms with Crippen molar-refractivity contribution in [2.24, 2.45) is 0 Å². The summed E-state index contributed by atoms with van der Waals surface area (Å²) in [6.45, 7) is 0.558. The number of carbonyl (C=O) groups excluding carboxylic acids is 1. The van der Waals surface area contributed by atoms with Gasteiger partial charge >= 0.3 is 5.97 Å². The second kappa shape index (κ2) is 8.93. The molecule has 0 amide bonds. The Morgan fingerprint density at radius 1 is 0.793 bits per heavy atom. The van der Waals surface area contributed by atoms with E-state index in [1.54, 1.807) is 24.3 Å². The maximum absolute atomic E-state index is 12.6. The Kier molecular flexibility index (Phi) is 5.92. The first kappa shape index (κ1) is 19.2. The van der Waals surface area contributed by atoms with Gasteiger partial charge in [-0.25, -0.2) is 4.79 Å². The van der Waals surface area contributed by atoms with Gasteiger partial charge in [-0.3, -0.25) is 0 Å². The predicted molar refractivity (Wildman–Crippen MR) is 119 cm³/mol. The van der Waals surface area contributed by atoms with Crippen LogP contribution in [0.15, 0.2) is 95.5 Å². The topological polar surface area (TPSA) is 35.5 Å². The van der Waals surface area contributed by atoms with Crippen molar-refractivity contribution in [3.63, 3.8) is 0 Å². The monoisotopic (exact) mass is 446 g/mol. The van der Waals surface area contributed by atoms with Crippen LogP contribution in [0.3, 0.4) is 0 Å². The molecule has 4 aromatic rings. The van der Waals surface area contributed by atoms with E-state index in [1.807, 2.05) is 54.6 Å². The summed E-state index contributed by atoms with van der Waals surface area (Å²) in [5.41, 5.74) is 1.68. The molecular formula is C25H19BrO3. The largest absolute Gasteiger partial charge is 0.492 e. The van der Waals surface area contributed by atoms with Gasteiger partial charge in [0.15, 0.2) is 0 Å². The minimum absolute atomic E-state index is 0.405. The third-order valence-electron chi connectivity index (χ3n) is 4.61. The van der Waals surface area contributed by atoms with E-state index in [4.69, 9.17) is 9.47 Å². The fourth-order valence-electron chi connectivity index (χ4n) is 3.11. The molecule has 0 aliphatic rings. The van der Waals surface area contributed by atoms with E-state index < -0.39 is 5.97 Å². The molecule has 0 fully saturated rings. The van der Waals surface area contributed by atoms with Crippen molar-refractivity contribution >= 4 is 32.7 Å². The molecule has 4 heteroatoms.